The first kappa shape index (κ1) is 9.10. The average molecular weight is 193 g/mol. The molecule has 1 aromatic carbocycles. The number of hydrogen-bond acceptors (Lipinski definition) is 2. The average Bonchev–Trinajstić information content (AvgIpc) is 2.54. The highest BCUT2D eigenvalue weighted by Crippen LogP contribution is 2.40. The van der Waals surface area contributed by atoms with Crippen molar-refractivity contribution >= 4 is 11.8 Å². The van der Waals surface area contributed by atoms with Crippen LogP contribution in [0, 0.1) is 0 Å². The van der Waals surface area contributed by atoms with Crippen molar-refractivity contribution in [2.75, 3.05) is 0 Å². The van der Waals surface area contributed by atoms with E-state index in [1.165, 1.54) is 17.7 Å². The normalized spacial score (nSPS) is 20.4. The summed E-state index contributed by atoms with van der Waals surface area (Å²) in [6, 6.07) is 10.5. The lowest BCUT2D eigenvalue weighted by Gasteiger charge is -2.22. The van der Waals surface area contributed by atoms with Gasteiger partial charge in [-0.2, -0.15) is 0 Å². The third-order valence-electron chi connectivity index (χ3n) is 2.51. The third-order valence-corrected chi connectivity index (χ3v) is 3.84. The zero-order valence-electron chi connectivity index (χ0n) is 7.70. The highest BCUT2D eigenvalue weighted by molar-refractivity contribution is 8.00. The Morgan fingerprint density at radius 1 is 1.08 bits per heavy atom. The van der Waals surface area contributed by atoms with E-state index in [1.807, 2.05) is 17.8 Å². The lowest BCUT2D eigenvalue weighted by atomic mass is 10.3. The Balaban J connectivity index is 2.05. The molecule has 1 aliphatic rings. The minimum atomic E-state index is 0.0152. The van der Waals surface area contributed by atoms with Gasteiger partial charge in [0.1, 0.15) is 0 Å². The van der Waals surface area contributed by atoms with E-state index in [-0.39, 0.29) is 4.87 Å². The standard InChI is InChI=1S/C11H15NS/c12-11(8-4-5-9-11)13-10-6-2-1-3-7-10/h1-3,6-7H,4-5,8-9,12H2. The van der Waals surface area contributed by atoms with Crippen molar-refractivity contribution in [1.82, 2.24) is 0 Å². The molecular weight excluding hydrogens is 178 g/mol. The Morgan fingerprint density at radius 2 is 1.69 bits per heavy atom. The quantitative estimate of drug-likeness (QED) is 0.731. The van der Waals surface area contributed by atoms with Crippen molar-refractivity contribution in [2.24, 2.45) is 5.73 Å². The van der Waals surface area contributed by atoms with Crippen LogP contribution in [0.5, 0.6) is 0 Å². The highest BCUT2D eigenvalue weighted by atomic mass is 32.2. The second kappa shape index (κ2) is 3.72. The molecule has 1 aromatic rings. The Labute approximate surface area is 83.7 Å². The van der Waals surface area contributed by atoms with Crippen molar-refractivity contribution < 1.29 is 0 Å². The van der Waals surface area contributed by atoms with E-state index in [0.29, 0.717) is 0 Å². The number of benzene rings is 1. The first-order valence-electron chi connectivity index (χ1n) is 4.81. The van der Waals surface area contributed by atoms with E-state index >= 15 is 0 Å². The van der Waals surface area contributed by atoms with E-state index in [2.05, 4.69) is 24.3 Å². The van der Waals surface area contributed by atoms with Gasteiger partial charge >= 0.3 is 0 Å². The lowest BCUT2D eigenvalue weighted by molar-refractivity contribution is 0.639. The van der Waals surface area contributed by atoms with E-state index in [0.717, 1.165) is 12.8 Å². The van der Waals surface area contributed by atoms with Crippen LogP contribution in [-0.2, 0) is 0 Å². The van der Waals surface area contributed by atoms with E-state index in [9.17, 15) is 0 Å². The van der Waals surface area contributed by atoms with E-state index in [4.69, 9.17) is 5.73 Å². The molecule has 0 amide bonds. The van der Waals surface area contributed by atoms with Crippen LogP contribution in [0.3, 0.4) is 0 Å². The Hall–Kier alpha value is -0.470. The molecule has 0 radical (unpaired) electrons. The molecule has 1 saturated carbocycles. The van der Waals surface area contributed by atoms with Crippen molar-refractivity contribution in [2.45, 2.75) is 35.4 Å². The van der Waals surface area contributed by atoms with Gasteiger partial charge in [0.2, 0.25) is 0 Å². The van der Waals surface area contributed by atoms with Gasteiger partial charge in [-0.3, -0.25) is 0 Å². The second-order valence-corrected chi connectivity index (χ2v) is 5.18. The van der Waals surface area contributed by atoms with Crippen molar-refractivity contribution in [3.8, 4) is 0 Å². The lowest BCUT2D eigenvalue weighted by Crippen LogP contribution is -2.31. The second-order valence-electron chi connectivity index (χ2n) is 3.69. The van der Waals surface area contributed by atoms with Gasteiger partial charge in [0.05, 0.1) is 4.87 Å². The van der Waals surface area contributed by atoms with Gasteiger partial charge < -0.3 is 5.73 Å². The van der Waals surface area contributed by atoms with Crippen LogP contribution >= 0.6 is 11.8 Å². The van der Waals surface area contributed by atoms with E-state index < -0.39 is 0 Å². The first-order chi connectivity index (χ1) is 6.29. The van der Waals surface area contributed by atoms with Crippen LogP contribution in [-0.4, -0.2) is 4.87 Å². The van der Waals surface area contributed by atoms with Gasteiger partial charge in [0.15, 0.2) is 0 Å². The topological polar surface area (TPSA) is 26.0 Å². The number of nitrogens with two attached hydrogens (primary N) is 1. The van der Waals surface area contributed by atoms with Crippen LogP contribution in [0.1, 0.15) is 25.7 Å². The number of rotatable bonds is 2. The molecule has 0 spiro atoms. The Bertz CT molecular complexity index is 265. The molecule has 0 bridgehead atoms. The SMILES string of the molecule is NC1(Sc2ccccc2)CCCC1. The largest absolute Gasteiger partial charge is 0.317 e. The predicted molar refractivity (Wildman–Crippen MR) is 57.7 cm³/mol. The summed E-state index contributed by atoms with van der Waals surface area (Å²) in [5.41, 5.74) is 6.25. The van der Waals surface area contributed by atoms with Gasteiger partial charge in [0, 0.05) is 4.90 Å². The molecular formula is C11H15NS. The zero-order chi connectivity index (χ0) is 9.15. The van der Waals surface area contributed by atoms with Gasteiger partial charge in [-0.25, -0.2) is 0 Å². The maximum absolute atomic E-state index is 6.25. The summed E-state index contributed by atoms with van der Waals surface area (Å²) >= 11 is 1.83. The Morgan fingerprint density at radius 3 is 2.31 bits per heavy atom. The summed E-state index contributed by atoms with van der Waals surface area (Å²) in [5.74, 6) is 0. The maximum Gasteiger partial charge on any atom is 0.0666 e. The summed E-state index contributed by atoms with van der Waals surface area (Å²) in [6.07, 6.45) is 4.89. The first-order valence-corrected chi connectivity index (χ1v) is 5.63. The van der Waals surface area contributed by atoms with Gasteiger partial charge in [-0.15, -0.1) is 11.8 Å². The molecule has 0 aliphatic heterocycles. The van der Waals surface area contributed by atoms with Crippen LogP contribution in [0.15, 0.2) is 35.2 Å². The van der Waals surface area contributed by atoms with E-state index in [1.54, 1.807) is 0 Å². The molecule has 0 atom stereocenters. The van der Waals surface area contributed by atoms with Crippen LogP contribution in [0.4, 0.5) is 0 Å². The van der Waals surface area contributed by atoms with Crippen LogP contribution < -0.4 is 5.73 Å². The molecule has 0 saturated heterocycles. The Kier molecular flexibility index (Phi) is 2.61. The predicted octanol–water partition coefficient (Wildman–Crippen LogP) is 3.01. The summed E-state index contributed by atoms with van der Waals surface area (Å²) < 4.78 is 0. The fourth-order valence-corrected chi connectivity index (χ4v) is 3.05. The van der Waals surface area contributed by atoms with Gasteiger partial charge in [-0.1, -0.05) is 31.0 Å². The van der Waals surface area contributed by atoms with Crippen molar-refractivity contribution in [1.29, 1.82) is 0 Å². The summed E-state index contributed by atoms with van der Waals surface area (Å²) in [5, 5.41) is 0. The summed E-state index contributed by atoms with van der Waals surface area (Å²) in [6.45, 7) is 0. The zero-order valence-corrected chi connectivity index (χ0v) is 8.52. The summed E-state index contributed by atoms with van der Waals surface area (Å²) in [7, 11) is 0. The third kappa shape index (κ3) is 2.26. The molecule has 0 unspecified atom stereocenters. The maximum atomic E-state index is 6.25. The molecule has 70 valence electrons. The fourth-order valence-electron chi connectivity index (χ4n) is 1.80. The van der Waals surface area contributed by atoms with Gasteiger partial charge in [0.25, 0.3) is 0 Å². The molecule has 2 N–H and O–H groups in total. The number of thioether (sulfide) groups is 1. The minimum Gasteiger partial charge on any atom is -0.317 e. The van der Waals surface area contributed by atoms with Crippen molar-refractivity contribution in [3.63, 3.8) is 0 Å². The van der Waals surface area contributed by atoms with Crippen LogP contribution in [0.2, 0.25) is 0 Å². The molecule has 2 heteroatoms. The molecule has 1 fully saturated rings. The summed E-state index contributed by atoms with van der Waals surface area (Å²) in [4.78, 5) is 1.31. The highest BCUT2D eigenvalue weighted by Gasteiger charge is 2.30. The minimum absolute atomic E-state index is 0.0152. The van der Waals surface area contributed by atoms with Crippen molar-refractivity contribution in [3.05, 3.63) is 30.3 Å². The molecule has 0 aromatic heterocycles. The molecule has 1 aliphatic carbocycles. The fraction of sp³-hybridized carbons (Fsp3) is 0.455. The monoisotopic (exact) mass is 193 g/mol. The molecule has 13 heavy (non-hydrogen) atoms. The molecule has 1 nitrogen and oxygen atoms in total. The molecule has 2 rings (SSSR count). The van der Waals surface area contributed by atoms with Gasteiger partial charge in [-0.05, 0) is 25.0 Å². The molecule has 0 heterocycles. The van der Waals surface area contributed by atoms with Crippen LogP contribution in [0.25, 0.3) is 0 Å². The smallest absolute Gasteiger partial charge is 0.0666 e. The number of hydrogen-bond donors (Lipinski definition) is 1.